The molecule has 0 bridgehead atoms. The van der Waals surface area contributed by atoms with Crippen LogP contribution in [0.1, 0.15) is 36.4 Å². The highest BCUT2D eigenvalue weighted by molar-refractivity contribution is 5.90. The molecular weight excluding hydrogens is 304 g/mol. The number of likely N-dealkylation sites (N-methyl/N-ethyl adjacent to an activating group) is 1. The van der Waals surface area contributed by atoms with Gasteiger partial charge < -0.3 is 15.2 Å². The number of aromatic nitrogens is 1. The van der Waals surface area contributed by atoms with Gasteiger partial charge in [0, 0.05) is 13.0 Å². The van der Waals surface area contributed by atoms with Gasteiger partial charge in [-0.1, -0.05) is 42.4 Å². The summed E-state index contributed by atoms with van der Waals surface area (Å²) in [5, 5.41) is 9.93. The van der Waals surface area contributed by atoms with Gasteiger partial charge in [0.15, 0.2) is 5.76 Å². The van der Waals surface area contributed by atoms with E-state index in [1.54, 1.807) is 0 Å². The summed E-state index contributed by atoms with van der Waals surface area (Å²) in [7, 11) is 2.09. The van der Waals surface area contributed by atoms with Gasteiger partial charge in [-0.2, -0.15) is 0 Å². The van der Waals surface area contributed by atoms with E-state index < -0.39 is 0 Å². The van der Waals surface area contributed by atoms with Gasteiger partial charge in [-0.05, 0) is 26.0 Å². The quantitative estimate of drug-likeness (QED) is 0.905. The lowest BCUT2D eigenvalue weighted by Crippen LogP contribution is -2.41. The van der Waals surface area contributed by atoms with Crippen LogP contribution >= 0.6 is 0 Å². The van der Waals surface area contributed by atoms with E-state index in [2.05, 4.69) is 39.9 Å². The van der Waals surface area contributed by atoms with Crippen molar-refractivity contribution in [2.75, 3.05) is 18.9 Å². The van der Waals surface area contributed by atoms with E-state index in [1.165, 1.54) is 5.56 Å². The summed E-state index contributed by atoms with van der Waals surface area (Å²) in [6, 6.07) is 10.3. The zero-order chi connectivity index (χ0) is 17.1. The Kier molecular flexibility index (Phi) is 4.85. The van der Waals surface area contributed by atoms with Crippen molar-refractivity contribution < 1.29 is 9.32 Å². The number of carbonyl (C=O) groups is 1. The first kappa shape index (κ1) is 16.5. The molecule has 24 heavy (non-hydrogen) atoms. The predicted molar refractivity (Wildman–Crippen MR) is 93.0 cm³/mol. The molecule has 128 valence electrons. The van der Waals surface area contributed by atoms with Crippen molar-refractivity contribution in [1.29, 1.82) is 0 Å². The predicted octanol–water partition coefficient (Wildman–Crippen LogP) is 3.11. The van der Waals surface area contributed by atoms with Gasteiger partial charge in [0.2, 0.25) is 0 Å². The second-order valence-electron chi connectivity index (χ2n) is 6.25. The lowest BCUT2D eigenvalue weighted by molar-refractivity contribution is 0.240. The van der Waals surface area contributed by atoms with Crippen LogP contribution in [0.25, 0.3) is 0 Å². The van der Waals surface area contributed by atoms with Gasteiger partial charge in [0.25, 0.3) is 0 Å². The molecule has 1 aliphatic rings. The number of anilines is 1. The lowest BCUT2D eigenvalue weighted by Gasteiger charge is -2.26. The smallest absolute Gasteiger partial charge is 0.319 e. The van der Waals surface area contributed by atoms with Gasteiger partial charge in [-0.15, -0.1) is 0 Å². The van der Waals surface area contributed by atoms with Crippen LogP contribution in [0, 0.1) is 6.92 Å². The fourth-order valence-corrected chi connectivity index (χ4v) is 3.37. The van der Waals surface area contributed by atoms with Gasteiger partial charge in [0.05, 0.1) is 12.1 Å². The minimum Gasteiger partial charge on any atom is -0.359 e. The van der Waals surface area contributed by atoms with Crippen molar-refractivity contribution in [2.45, 2.75) is 38.8 Å². The number of amides is 2. The third kappa shape index (κ3) is 3.28. The third-order valence-corrected chi connectivity index (χ3v) is 4.60. The summed E-state index contributed by atoms with van der Waals surface area (Å²) in [5.41, 5.74) is 2.60. The molecule has 3 rings (SSSR count). The molecule has 2 aromatic rings. The minimum atomic E-state index is -0.211. The minimum absolute atomic E-state index is 0.0719. The number of hydrogen-bond acceptors (Lipinski definition) is 4. The topological polar surface area (TPSA) is 70.4 Å². The fraction of sp³-hybridized carbons (Fsp3) is 0.444. The molecule has 1 saturated heterocycles. The van der Waals surface area contributed by atoms with Crippen LogP contribution in [0.3, 0.4) is 0 Å². The molecule has 0 spiro atoms. The first-order valence-electron chi connectivity index (χ1n) is 8.38. The van der Waals surface area contributed by atoms with E-state index in [1.807, 2.05) is 32.0 Å². The van der Waals surface area contributed by atoms with Crippen LogP contribution < -0.4 is 10.6 Å². The number of aryl methyl sites for hydroxylation is 2. The molecule has 2 amide bonds. The van der Waals surface area contributed by atoms with E-state index in [0.29, 0.717) is 23.6 Å². The van der Waals surface area contributed by atoms with Crippen LogP contribution in [0.5, 0.6) is 0 Å². The van der Waals surface area contributed by atoms with Crippen LogP contribution in [0.2, 0.25) is 0 Å². The van der Waals surface area contributed by atoms with Crippen molar-refractivity contribution in [1.82, 2.24) is 15.4 Å². The van der Waals surface area contributed by atoms with Crippen molar-refractivity contribution in [2.24, 2.45) is 0 Å². The normalized spacial score (nSPS) is 21.0. The molecule has 2 heterocycles. The Hall–Kier alpha value is -2.34. The molecule has 1 aliphatic heterocycles. The van der Waals surface area contributed by atoms with Crippen molar-refractivity contribution in [3.63, 3.8) is 0 Å². The highest BCUT2D eigenvalue weighted by atomic mass is 16.5. The summed E-state index contributed by atoms with van der Waals surface area (Å²) in [6.45, 7) is 4.76. The van der Waals surface area contributed by atoms with Crippen LogP contribution in [-0.2, 0) is 6.42 Å². The maximum atomic E-state index is 12.5. The van der Waals surface area contributed by atoms with Gasteiger partial charge >= 0.3 is 6.03 Å². The second-order valence-corrected chi connectivity index (χ2v) is 6.25. The second kappa shape index (κ2) is 7.05. The van der Waals surface area contributed by atoms with E-state index in [9.17, 15) is 4.79 Å². The number of likely N-dealkylation sites (tertiary alicyclic amines) is 1. The largest absolute Gasteiger partial charge is 0.359 e. The van der Waals surface area contributed by atoms with Crippen molar-refractivity contribution in [3.05, 3.63) is 47.3 Å². The van der Waals surface area contributed by atoms with E-state index >= 15 is 0 Å². The number of carbonyl (C=O) groups excluding carboxylic acids is 1. The Balaban J connectivity index is 1.70. The molecule has 1 aromatic heterocycles. The monoisotopic (exact) mass is 328 g/mol. The van der Waals surface area contributed by atoms with Gasteiger partial charge in [-0.25, -0.2) is 4.79 Å². The number of urea groups is 1. The Morgan fingerprint density at radius 3 is 2.83 bits per heavy atom. The molecule has 0 radical (unpaired) electrons. The molecule has 6 nitrogen and oxygen atoms in total. The molecule has 2 N–H and O–H groups in total. The van der Waals surface area contributed by atoms with Crippen LogP contribution in [-0.4, -0.2) is 35.7 Å². The molecule has 6 heteroatoms. The van der Waals surface area contributed by atoms with Gasteiger partial charge in [0.1, 0.15) is 11.4 Å². The number of benzene rings is 1. The maximum absolute atomic E-state index is 12.5. The molecule has 0 aliphatic carbocycles. The van der Waals surface area contributed by atoms with Gasteiger partial charge in [-0.3, -0.25) is 4.90 Å². The number of nitrogens with zero attached hydrogens (tertiary/aromatic N) is 2. The molecule has 0 saturated carbocycles. The molecule has 0 unspecified atom stereocenters. The summed E-state index contributed by atoms with van der Waals surface area (Å²) in [4.78, 5) is 14.7. The number of nitrogens with one attached hydrogen (secondary N) is 2. The number of rotatable bonds is 4. The Labute approximate surface area is 142 Å². The average Bonchev–Trinajstić information content (AvgIpc) is 3.11. The first-order valence-corrected chi connectivity index (χ1v) is 8.38. The zero-order valence-corrected chi connectivity index (χ0v) is 14.4. The SMILES string of the molecule is CCc1onc(C)c1NC(=O)N[C@H]1CCN(C)[C@H]1c1ccccc1. The van der Waals surface area contributed by atoms with E-state index in [-0.39, 0.29) is 18.1 Å². The Morgan fingerprint density at radius 1 is 1.38 bits per heavy atom. The Bertz CT molecular complexity index is 698. The molecule has 2 atom stereocenters. The lowest BCUT2D eigenvalue weighted by atomic mass is 10.0. The third-order valence-electron chi connectivity index (χ3n) is 4.60. The molecule has 1 fully saturated rings. The summed E-state index contributed by atoms with van der Waals surface area (Å²) >= 11 is 0. The fourth-order valence-electron chi connectivity index (χ4n) is 3.37. The molecule has 1 aromatic carbocycles. The maximum Gasteiger partial charge on any atom is 0.319 e. The van der Waals surface area contributed by atoms with Crippen LogP contribution in [0.15, 0.2) is 34.9 Å². The highest BCUT2D eigenvalue weighted by Crippen LogP contribution is 2.31. The van der Waals surface area contributed by atoms with E-state index in [4.69, 9.17) is 4.52 Å². The average molecular weight is 328 g/mol. The van der Waals surface area contributed by atoms with E-state index in [0.717, 1.165) is 13.0 Å². The first-order chi connectivity index (χ1) is 11.6. The van der Waals surface area contributed by atoms with Crippen molar-refractivity contribution in [3.8, 4) is 0 Å². The van der Waals surface area contributed by atoms with Crippen molar-refractivity contribution >= 4 is 11.7 Å². The standard InChI is InChI=1S/C18H24N4O2/c1-4-15-16(12(2)21-24-15)20-18(23)19-14-10-11-22(3)17(14)13-8-6-5-7-9-13/h5-9,14,17H,4,10-11H2,1-3H3,(H2,19,20,23)/t14-,17-/m0/s1. The summed E-state index contributed by atoms with van der Waals surface area (Å²) in [5.74, 6) is 0.700. The highest BCUT2D eigenvalue weighted by Gasteiger charge is 2.34. The Morgan fingerprint density at radius 2 is 2.12 bits per heavy atom. The number of hydrogen-bond donors (Lipinski definition) is 2. The summed E-state index contributed by atoms with van der Waals surface area (Å²) in [6.07, 6.45) is 1.61. The van der Waals surface area contributed by atoms with Crippen LogP contribution in [0.4, 0.5) is 10.5 Å². The summed E-state index contributed by atoms with van der Waals surface area (Å²) < 4.78 is 5.22. The zero-order valence-electron chi connectivity index (χ0n) is 14.4. The molecular formula is C18H24N4O2.